The van der Waals surface area contributed by atoms with Crippen LogP contribution in [0.1, 0.15) is 16.7 Å². The normalized spacial score (nSPS) is 17.6. The number of carbonyl (C=O) groups excluding carboxylic acids is 1. The predicted molar refractivity (Wildman–Crippen MR) is 136 cm³/mol. The highest BCUT2D eigenvalue weighted by Crippen LogP contribution is 2.31. The quantitative estimate of drug-likeness (QED) is 0.384. The zero-order valence-electron chi connectivity index (χ0n) is 17.9. The van der Waals surface area contributed by atoms with Gasteiger partial charge >= 0.3 is 0 Å². The second-order valence-corrected chi connectivity index (χ2v) is 9.15. The van der Waals surface area contributed by atoms with Crippen molar-refractivity contribution in [1.82, 2.24) is 4.90 Å². The van der Waals surface area contributed by atoms with E-state index in [0.717, 1.165) is 22.5 Å². The van der Waals surface area contributed by atoms with Crippen molar-refractivity contribution in [1.29, 1.82) is 0 Å². The lowest BCUT2D eigenvalue weighted by Crippen LogP contribution is -2.38. The molecular formula is C28H21N3OS. The maximum absolute atomic E-state index is 13.5. The number of fused-ring (bicyclic) bond motifs is 2. The molecule has 33 heavy (non-hydrogen) atoms. The number of nitrogens with zero attached hydrogens (tertiary/aromatic N) is 3. The molecule has 0 saturated carbocycles. The summed E-state index contributed by atoms with van der Waals surface area (Å²) in [6.45, 7) is 0. The van der Waals surface area contributed by atoms with Crippen LogP contribution < -0.4 is 0 Å². The summed E-state index contributed by atoms with van der Waals surface area (Å²) in [6, 6.07) is 28.1. The Morgan fingerprint density at radius 3 is 2.42 bits per heavy atom. The smallest absolute Gasteiger partial charge is 0.257 e. The van der Waals surface area contributed by atoms with Crippen LogP contribution in [0.4, 0.5) is 0 Å². The molecule has 3 heterocycles. The van der Waals surface area contributed by atoms with Crippen molar-refractivity contribution in [2.24, 2.45) is 9.98 Å². The molecule has 1 amide bonds. The third-order valence-electron chi connectivity index (χ3n) is 6.05. The number of carbonyl (C=O) groups is 1. The molecule has 5 heteroatoms. The van der Waals surface area contributed by atoms with E-state index in [1.165, 1.54) is 15.6 Å². The SMILES string of the molecule is O=C1C(Cc2csc3ccccc23)N=C2C(Cc3ccccc3)=NC(c3ccccc3)=CN12. The van der Waals surface area contributed by atoms with Gasteiger partial charge in [0.2, 0.25) is 0 Å². The van der Waals surface area contributed by atoms with E-state index in [-0.39, 0.29) is 5.91 Å². The average molecular weight is 448 g/mol. The Hall–Kier alpha value is -3.83. The van der Waals surface area contributed by atoms with Crippen LogP contribution >= 0.6 is 11.3 Å². The van der Waals surface area contributed by atoms with Crippen molar-refractivity contribution >= 4 is 44.6 Å². The van der Waals surface area contributed by atoms with Gasteiger partial charge in [-0.05, 0) is 28.0 Å². The van der Waals surface area contributed by atoms with Crippen molar-refractivity contribution in [2.75, 3.05) is 0 Å². The number of rotatable bonds is 5. The fourth-order valence-electron chi connectivity index (χ4n) is 4.40. The fourth-order valence-corrected chi connectivity index (χ4v) is 5.38. The van der Waals surface area contributed by atoms with E-state index in [0.29, 0.717) is 18.7 Å². The summed E-state index contributed by atoms with van der Waals surface area (Å²) in [5.41, 5.74) is 4.92. The van der Waals surface area contributed by atoms with Gasteiger partial charge in [0, 0.05) is 29.3 Å². The Balaban J connectivity index is 1.38. The van der Waals surface area contributed by atoms with Gasteiger partial charge in [0.05, 0.1) is 11.4 Å². The molecule has 4 aromatic rings. The van der Waals surface area contributed by atoms with Crippen molar-refractivity contribution in [3.8, 4) is 0 Å². The van der Waals surface area contributed by atoms with Crippen LogP contribution in [0.2, 0.25) is 0 Å². The highest BCUT2D eigenvalue weighted by Gasteiger charge is 2.38. The number of hydrogen-bond acceptors (Lipinski definition) is 4. The molecule has 0 spiro atoms. The van der Waals surface area contributed by atoms with E-state index in [4.69, 9.17) is 9.98 Å². The van der Waals surface area contributed by atoms with Gasteiger partial charge in [0.1, 0.15) is 6.04 Å². The van der Waals surface area contributed by atoms with Crippen LogP contribution in [0.15, 0.2) is 106 Å². The minimum atomic E-state index is -0.439. The highest BCUT2D eigenvalue weighted by molar-refractivity contribution is 7.17. The minimum Gasteiger partial charge on any atom is -0.272 e. The monoisotopic (exact) mass is 447 g/mol. The Morgan fingerprint density at radius 1 is 0.879 bits per heavy atom. The van der Waals surface area contributed by atoms with Gasteiger partial charge in [-0.1, -0.05) is 78.9 Å². The summed E-state index contributed by atoms with van der Waals surface area (Å²) >= 11 is 1.71. The molecule has 0 saturated heterocycles. The molecule has 0 aliphatic carbocycles. The largest absolute Gasteiger partial charge is 0.272 e. The summed E-state index contributed by atoms with van der Waals surface area (Å²) in [4.78, 5) is 25.1. The van der Waals surface area contributed by atoms with Gasteiger partial charge in [-0.25, -0.2) is 4.99 Å². The molecule has 6 rings (SSSR count). The van der Waals surface area contributed by atoms with E-state index in [1.807, 2.05) is 66.9 Å². The molecule has 0 fully saturated rings. The summed E-state index contributed by atoms with van der Waals surface area (Å²) in [5.74, 6) is 0.683. The molecule has 2 aliphatic rings. The molecule has 160 valence electrons. The van der Waals surface area contributed by atoms with E-state index in [1.54, 1.807) is 16.2 Å². The molecule has 0 N–H and O–H groups in total. The number of thiophene rings is 1. The Kier molecular flexibility index (Phi) is 4.96. The molecule has 2 aliphatic heterocycles. The molecule has 0 radical (unpaired) electrons. The average Bonchev–Trinajstić information content (AvgIpc) is 3.42. The summed E-state index contributed by atoms with van der Waals surface area (Å²) < 4.78 is 1.24. The lowest BCUT2D eigenvalue weighted by molar-refractivity contribution is -0.125. The molecule has 3 aromatic carbocycles. The highest BCUT2D eigenvalue weighted by atomic mass is 32.1. The Labute approximate surface area is 196 Å². The molecule has 1 unspecified atom stereocenters. The summed E-state index contributed by atoms with van der Waals surface area (Å²) in [6.07, 6.45) is 3.06. The van der Waals surface area contributed by atoms with Crippen molar-refractivity contribution in [3.05, 3.63) is 113 Å². The third-order valence-corrected chi connectivity index (χ3v) is 7.06. The number of amides is 1. The van der Waals surface area contributed by atoms with Crippen LogP contribution in [-0.2, 0) is 17.6 Å². The molecule has 1 aromatic heterocycles. The Bertz CT molecular complexity index is 1430. The summed E-state index contributed by atoms with van der Waals surface area (Å²) in [7, 11) is 0. The van der Waals surface area contributed by atoms with Gasteiger partial charge in [-0.2, -0.15) is 0 Å². The fraction of sp³-hybridized carbons (Fsp3) is 0.107. The summed E-state index contributed by atoms with van der Waals surface area (Å²) in [5, 5.41) is 3.36. The van der Waals surface area contributed by atoms with Crippen LogP contribution in [0.5, 0.6) is 0 Å². The zero-order chi connectivity index (χ0) is 22.2. The Morgan fingerprint density at radius 2 is 1.61 bits per heavy atom. The van der Waals surface area contributed by atoms with Crippen molar-refractivity contribution in [3.63, 3.8) is 0 Å². The number of hydrogen-bond donors (Lipinski definition) is 0. The third kappa shape index (κ3) is 3.70. The molecule has 0 bridgehead atoms. The lowest BCUT2D eigenvalue weighted by atomic mass is 10.0. The van der Waals surface area contributed by atoms with E-state index >= 15 is 0 Å². The molecule has 4 nitrogen and oxygen atoms in total. The van der Waals surface area contributed by atoms with Gasteiger partial charge in [0.15, 0.2) is 5.84 Å². The second kappa shape index (κ2) is 8.26. The van der Waals surface area contributed by atoms with Gasteiger partial charge in [-0.15, -0.1) is 11.3 Å². The van der Waals surface area contributed by atoms with Crippen LogP contribution in [0, 0.1) is 0 Å². The zero-order valence-corrected chi connectivity index (χ0v) is 18.7. The van der Waals surface area contributed by atoms with Gasteiger partial charge in [-0.3, -0.25) is 14.7 Å². The second-order valence-electron chi connectivity index (χ2n) is 8.24. The standard InChI is InChI=1S/C28H21N3OS/c32-28-24(16-21-18-33-26-14-8-7-13-22(21)26)30-27-23(15-19-9-3-1-4-10-19)29-25(17-31(27)28)20-11-5-2-6-12-20/h1-14,17-18,24H,15-16H2. The van der Waals surface area contributed by atoms with Crippen LogP contribution in [0.25, 0.3) is 15.8 Å². The van der Waals surface area contributed by atoms with Crippen LogP contribution in [-0.4, -0.2) is 28.4 Å². The first-order valence-electron chi connectivity index (χ1n) is 11.0. The van der Waals surface area contributed by atoms with E-state index in [9.17, 15) is 4.79 Å². The topological polar surface area (TPSA) is 45.0 Å². The first-order valence-corrected chi connectivity index (χ1v) is 11.9. The van der Waals surface area contributed by atoms with E-state index in [2.05, 4.69) is 29.6 Å². The number of amidine groups is 1. The maximum Gasteiger partial charge on any atom is 0.257 e. The van der Waals surface area contributed by atoms with Crippen molar-refractivity contribution < 1.29 is 4.79 Å². The van der Waals surface area contributed by atoms with Crippen molar-refractivity contribution in [2.45, 2.75) is 18.9 Å². The number of aliphatic imine (C=N–C) groups is 2. The predicted octanol–water partition coefficient (Wildman–Crippen LogP) is 5.75. The minimum absolute atomic E-state index is 0.00849. The van der Waals surface area contributed by atoms with Gasteiger partial charge in [0.25, 0.3) is 5.91 Å². The first kappa shape index (κ1) is 19.8. The molecule has 1 atom stereocenters. The first-order chi connectivity index (χ1) is 16.3. The van der Waals surface area contributed by atoms with Gasteiger partial charge < -0.3 is 0 Å². The molecular weight excluding hydrogens is 426 g/mol. The van der Waals surface area contributed by atoms with Crippen LogP contribution in [0.3, 0.4) is 0 Å². The maximum atomic E-state index is 13.5. The number of benzene rings is 3. The van der Waals surface area contributed by atoms with E-state index < -0.39 is 6.04 Å². The lowest BCUT2D eigenvalue weighted by Gasteiger charge is -2.22.